The van der Waals surface area contributed by atoms with Crippen LogP contribution in [0.25, 0.3) is 0 Å². The normalized spacial score (nSPS) is 22.7. The highest BCUT2D eigenvalue weighted by Crippen LogP contribution is 2.26. The van der Waals surface area contributed by atoms with Gasteiger partial charge in [-0.15, -0.1) is 0 Å². The predicted molar refractivity (Wildman–Crippen MR) is 98.7 cm³/mol. The summed E-state index contributed by atoms with van der Waals surface area (Å²) in [5.74, 6) is 0.566. The van der Waals surface area contributed by atoms with Crippen LogP contribution in [-0.2, 0) is 22.6 Å². The Kier molecular flexibility index (Phi) is 5.09. The largest absolute Gasteiger partial charge is 0.497 e. The van der Waals surface area contributed by atoms with Gasteiger partial charge in [-0.25, -0.2) is 4.39 Å². The summed E-state index contributed by atoms with van der Waals surface area (Å²) >= 11 is 0. The fourth-order valence-corrected chi connectivity index (χ4v) is 3.85. The topological polar surface area (TPSA) is 42.0 Å². The van der Waals surface area contributed by atoms with Crippen molar-refractivity contribution >= 4 is 5.91 Å². The van der Waals surface area contributed by atoms with E-state index in [-0.39, 0.29) is 30.5 Å². The molecule has 2 atom stereocenters. The molecule has 0 bridgehead atoms. The molecule has 142 valence electrons. The predicted octanol–water partition coefficient (Wildman–Crippen LogP) is 2.45. The molecule has 27 heavy (non-hydrogen) atoms. The number of fused-ring (bicyclic) bond motifs is 1. The van der Waals surface area contributed by atoms with Gasteiger partial charge in [-0.05, 0) is 35.4 Å². The number of ether oxygens (including phenoxy) is 2. The maximum atomic E-state index is 13.1. The van der Waals surface area contributed by atoms with Crippen LogP contribution >= 0.6 is 0 Å². The molecule has 0 spiro atoms. The van der Waals surface area contributed by atoms with Crippen LogP contribution in [0.2, 0.25) is 0 Å². The molecule has 0 unspecified atom stereocenters. The number of methoxy groups -OCH3 is 1. The third-order valence-corrected chi connectivity index (χ3v) is 5.29. The van der Waals surface area contributed by atoms with Crippen molar-refractivity contribution in [3.8, 4) is 5.75 Å². The maximum absolute atomic E-state index is 13.1. The standard InChI is InChI=1S/C21H23FN2O3/c1-26-18-8-4-15(5-9-18)10-23-12-19-20(13-23)27-14-21(25)24(19)11-16-2-6-17(22)7-3-16/h2-9,19-20H,10-14H2,1H3/t19-,20+/m1/s1. The summed E-state index contributed by atoms with van der Waals surface area (Å²) in [5.41, 5.74) is 2.13. The van der Waals surface area contributed by atoms with Crippen LogP contribution in [-0.4, -0.2) is 54.7 Å². The summed E-state index contributed by atoms with van der Waals surface area (Å²) in [6.45, 7) is 2.96. The molecule has 4 rings (SSSR count). The summed E-state index contributed by atoms with van der Waals surface area (Å²) < 4.78 is 24.1. The minimum Gasteiger partial charge on any atom is -0.497 e. The number of morpholine rings is 1. The molecule has 2 fully saturated rings. The zero-order valence-electron chi connectivity index (χ0n) is 15.3. The molecule has 0 saturated carbocycles. The van der Waals surface area contributed by atoms with Crippen LogP contribution in [0.1, 0.15) is 11.1 Å². The Bertz CT molecular complexity index is 794. The van der Waals surface area contributed by atoms with Gasteiger partial charge in [0.2, 0.25) is 5.91 Å². The molecule has 6 heteroatoms. The monoisotopic (exact) mass is 370 g/mol. The fraction of sp³-hybridized carbons (Fsp3) is 0.381. The number of hydrogen-bond acceptors (Lipinski definition) is 4. The van der Waals surface area contributed by atoms with Crippen molar-refractivity contribution in [1.82, 2.24) is 9.80 Å². The number of halogens is 1. The van der Waals surface area contributed by atoms with Crippen LogP contribution < -0.4 is 4.74 Å². The lowest BCUT2D eigenvalue weighted by Crippen LogP contribution is -2.53. The number of hydrogen-bond donors (Lipinski definition) is 0. The lowest BCUT2D eigenvalue weighted by atomic mass is 10.1. The van der Waals surface area contributed by atoms with Crippen LogP contribution in [0.4, 0.5) is 4.39 Å². The molecular weight excluding hydrogens is 347 g/mol. The van der Waals surface area contributed by atoms with Gasteiger partial charge in [-0.3, -0.25) is 9.69 Å². The molecule has 2 aromatic carbocycles. The number of carbonyl (C=O) groups is 1. The van der Waals surface area contributed by atoms with Crippen molar-refractivity contribution in [3.63, 3.8) is 0 Å². The zero-order chi connectivity index (χ0) is 18.8. The lowest BCUT2D eigenvalue weighted by molar-refractivity contribution is -0.153. The van der Waals surface area contributed by atoms with Crippen LogP contribution in [0.5, 0.6) is 5.75 Å². The Morgan fingerprint density at radius 2 is 1.70 bits per heavy atom. The van der Waals surface area contributed by atoms with E-state index >= 15 is 0 Å². The summed E-state index contributed by atoms with van der Waals surface area (Å²) in [6, 6.07) is 14.4. The van der Waals surface area contributed by atoms with Gasteiger partial charge in [0.1, 0.15) is 18.2 Å². The van der Waals surface area contributed by atoms with Gasteiger partial charge in [-0.2, -0.15) is 0 Å². The highest BCUT2D eigenvalue weighted by Gasteiger charge is 2.42. The number of amides is 1. The van der Waals surface area contributed by atoms with E-state index in [1.807, 2.05) is 17.0 Å². The van der Waals surface area contributed by atoms with E-state index in [1.165, 1.54) is 17.7 Å². The molecule has 2 heterocycles. The van der Waals surface area contributed by atoms with E-state index in [4.69, 9.17) is 9.47 Å². The lowest BCUT2D eigenvalue weighted by Gasteiger charge is -2.36. The van der Waals surface area contributed by atoms with Crippen molar-refractivity contribution in [1.29, 1.82) is 0 Å². The molecule has 2 aromatic rings. The fourth-order valence-electron chi connectivity index (χ4n) is 3.85. The second kappa shape index (κ2) is 7.66. The number of nitrogens with zero attached hydrogens (tertiary/aromatic N) is 2. The van der Waals surface area contributed by atoms with E-state index in [0.717, 1.165) is 30.9 Å². The minimum atomic E-state index is -0.267. The Balaban J connectivity index is 1.44. The SMILES string of the molecule is COc1ccc(CN2C[C@@H]3OCC(=O)N(Cc4ccc(F)cc4)[C@@H]3C2)cc1. The Hall–Kier alpha value is -2.44. The van der Waals surface area contributed by atoms with Crippen molar-refractivity contribution in [2.45, 2.75) is 25.2 Å². The van der Waals surface area contributed by atoms with E-state index < -0.39 is 0 Å². The third-order valence-electron chi connectivity index (χ3n) is 5.29. The van der Waals surface area contributed by atoms with Crippen molar-refractivity contribution in [2.75, 3.05) is 26.8 Å². The summed E-state index contributed by atoms with van der Waals surface area (Å²) in [7, 11) is 1.66. The Morgan fingerprint density at radius 1 is 1.04 bits per heavy atom. The van der Waals surface area contributed by atoms with Crippen molar-refractivity contribution in [2.24, 2.45) is 0 Å². The van der Waals surface area contributed by atoms with Gasteiger partial charge < -0.3 is 14.4 Å². The van der Waals surface area contributed by atoms with E-state index in [1.54, 1.807) is 19.2 Å². The second-order valence-electron chi connectivity index (χ2n) is 7.11. The van der Waals surface area contributed by atoms with Crippen molar-refractivity contribution < 1.29 is 18.7 Å². The summed E-state index contributed by atoms with van der Waals surface area (Å²) in [6.07, 6.45) is 0.0152. The first-order valence-electron chi connectivity index (χ1n) is 9.13. The first-order valence-corrected chi connectivity index (χ1v) is 9.13. The molecule has 0 aromatic heterocycles. The quantitative estimate of drug-likeness (QED) is 0.811. The Labute approximate surface area is 158 Å². The first-order chi connectivity index (χ1) is 13.1. The van der Waals surface area contributed by atoms with Crippen LogP contribution in [0.3, 0.4) is 0 Å². The van der Waals surface area contributed by atoms with Gasteiger partial charge in [-0.1, -0.05) is 24.3 Å². The van der Waals surface area contributed by atoms with Gasteiger partial charge in [0.15, 0.2) is 0 Å². The number of rotatable bonds is 5. The highest BCUT2D eigenvalue weighted by molar-refractivity contribution is 5.78. The molecule has 5 nitrogen and oxygen atoms in total. The molecule has 2 aliphatic heterocycles. The molecular formula is C21H23FN2O3. The second-order valence-corrected chi connectivity index (χ2v) is 7.11. The van der Waals surface area contributed by atoms with E-state index in [0.29, 0.717) is 6.54 Å². The summed E-state index contributed by atoms with van der Waals surface area (Å²) in [4.78, 5) is 16.6. The van der Waals surface area contributed by atoms with Crippen molar-refractivity contribution in [3.05, 3.63) is 65.5 Å². The molecule has 2 saturated heterocycles. The molecule has 1 amide bonds. The van der Waals surface area contributed by atoms with Crippen LogP contribution in [0, 0.1) is 5.82 Å². The highest BCUT2D eigenvalue weighted by atomic mass is 19.1. The Morgan fingerprint density at radius 3 is 2.41 bits per heavy atom. The van der Waals surface area contributed by atoms with Gasteiger partial charge in [0.25, 0.3) is 0 Å². The van der Waals surface area contributed by atoms with E-state index in [9.17, 15) is 9.18 Å². The summed E-state index contributed by atoms with van der Waals surface area (Å²) in [5, 5.41) is 0. The van der Waals surface area contributed by atoms with Crippen LogP contribution in [0.15, 0.2) is 48.5 Å². The zero-order valence-corrected chi connectivity index (χ0v) is 15.3. The number of benzene rings is 2. The minimum absolute atomic E-state index is 0.00753. The third kappa shape index (κ3) is 3.96. The average Bonchev–Trinajstić information content (AvgIpc) is 3.09. The molecule has 0 aliphatic carbocycles. The number of likely N-dealkylation sites (tertiary alicyclic amines) is 1. The van der Waals surface area contributed by atoms with E-state index in [2.05, 4.69) is 17.0 Å². The molecule has 0 radical (unpaired) electrons. The van der Waals surface area contributed by atoms with Gasteiger partial charge in [0.05, 0.1) is 19.3 Å². The maximum Gasteiger partial charge on any atom is 0.249 e. The molecule has 2 aliphatic rings. The average molecular weight is 370 g/mol. The van der Waals surface area contributed by atoms with Gasteiger partial charge >= 0.3 is 0 Å². The number of carbonyl (C=O) groups excluding carboxylic acids is 1. The smallest absolute Gasteiger partial charge is 0.249 e. The first kappa shape index (κ1) is 17.9. The van der Waals surface area contributed by atoms with Gasteiger partial charge in [0, 0.05) is 26.2 Å². The molecule has 0 N–H and O–H groups in total.